The van der Waals surface area contributed by atoms with Crippen molar-refractivity contribution in [2.75, 3.05) is 31.2 Å². The number of nitrogens with zero attached hydrogens (tertiary/aromatic N) is 2. The van der Waals surface area contributed by atoms with Crippen LogP contribution in [0, 0.1) is 0 Å². The highest BCUT2D eigenvalue weighted by atomic mass is 16.6. The zero-order valence-corrected chi connectivity index (χ0v) is 12.2. The molecule has 22 heavy (non-hydrogen) atoms. The van der Waals surface area contributed by atoms with Gasteiger partial charge in [0.05, 0.1) is 30.8 Å². The smallest absolute Gasteiger partial charge is 0.337 e. The summed E-state index contributed by atoms with van der Waals surface area (Å²) < 4.78 is 10.4. The topological polar surface area (TPSA) is 84.5 Å². The Morgan fingerprint density at radius 1 is 1.50 bits per heavy atom. The highest BCUT2D eigenvalue weighted by Gasteiger charge is 2.29. The first-order valence-corrected chi connectivity index (χ1v) is 7.21. The van der Waals surface area contributed by atoms with E-state index in [0.717, 1.165) is 0 Å². The Morgan fingerprint density at radius 2 is 2.32 bits per heavy atom. The third kappa shape index (κ3) is 2.80. The Kier molecular flexibility index (Phi) is 4.06. The number of aromatic amines is 1. The van der Waals surface area contributed by atoms with Gasteiger partial charge in [-0.15, -0.1) is 0 Å². The lowest BCUT2D eigenvalue weighted by Crippen LogP contribution is -2.48. The number of para-hydroxylation sites is 2. The second kappa shape index (κ2) is 6.15. The van der Waals surface area contributed by atoms with E-state index >= 15 is 0 Å². The Morgan fingerprint density at radius 3 is 3.14 bits per heavy atom. The van der Waals surface area contributed by atoms with Crippen molar-refractivity contribution in [3.05, 3.63) is 34.6 Å². The standard InChI is InChI=1S/C15H17N3O4/c1-2-21-15(20)12-9-18(7-8-22-12)13-14(19)17-11-6-4-3-5-10(11)16-13/h3-6,12H,2,7-9H2,1H3,(H,17,19). The molecule has 7 heteroatoms. The normalized spacial score (nSPS) is 18.4. The number of fused-ring (bicyclic) bond motifs is 1. The summed E-state index contributed by atoms with van der Waals surface area (Å²) in [7, 11) is 0. The molecule has 0 aliphatic carbocycles. The SMILES string of the molecule is CCOC(=O)C1CN(c2nc3ccccc3[nH]c2=O)CCO1. The summed E-state index contributed by atoms with van der Waals surface area (Å²) in [6.07, 6.45) is -0.693. The minimum atomic E-state index is -0.693. The van der Waals surface area contributed by atoms with E-state index in [2.05, 4.69) is 9.97 Å². The predicted octanol–water partition coefficient (Wildman–Crippen LogP) is 0.691. The van der Waals surface area contributed by atoms with Gasteiger partial charge < -0.3 is 19.4 Å². The monoisotopic (exact) mass is 303 g/mol. The minimum absolute atomic E-state index is 0.257. The third-order valence-corrected chi connectivity index (χ3v) is 3.50. The number of ether oxygens (including phenoxy) is 2. The Balaban J connectivity index is 1.88. The molecule has 1 atom stereocenters. The van der Waals surface area contributed by atoms with E-state index in [-0.39, 0.29) is 12.1 Å². The second-order valence-corrected chi connectivity index (χ2v) is 4.96. The first kappa shape index (κ1) is 14.5. The van der Waals surface area contributed by atoms with Gasteiger partial charge in [-0.05, 0) is 19.1 Å². The molecular formula is C15H17N3O4. The summed E-state index contributed by atoms with van der Waals surface area (Å²) in [6, 6.07) is 7.33. The number of H-pyrrole nitrogens is 1. The number of morpholine rings is 1. The molecule has 7 nitrogen and oxygen atoms in total. The van der Waals surface area contributed by atoms with Crippen LogP contribution in [0.25, 0.3) is 11.0 Å². The van der Waals surface area contributed by atoms with E-state index in [1.54, 1.807) is 17.9 Å². The Bertz CT molecular complexity index is 743. The average molecular weight is 303 g/mol. The van der Waals surface area contributed by atoms with Crippen LogP contribution in [0.4, 0.5) is 5.82 Å². The molecule has 1 N–H and O–H groups in total. The van der Waals surface area contributed by atoms with Crippen LogP contribution in [0.15, 0.2) is 29.1 Å². The fourth-order valence-corrected chi connectivity index (χ4v) is 2.45. The summed E-state index contributed by atoms with van der Waals surface area (Å²) in [5.41, 5.74) is 1.12. The van der Waals surface area contributed by atoms with Gasteiger partial charge in [0.15, 0.2) is 11.9 Å². The molecule has 1 saturated heterocycles. The molecule has 1 fully saturated rings. The largest absolute Gasteiger partial charge is 0.464 e. The Hall–Kier alpha value is -2.41. The number of anilines is 1. The van der Waals surface area contributed by atoms with Crippen molar-refractivity contribution >= 4 is 22.8 Å². The van der Waals surface area contributed by atoms with Crippen molar-refractivity contribution in [3.63, 3.8) is 0 Å². The molecule has 2 heterocycles. The number of aromatic nitrogens is 2. The van der Waals surface area contributed by atoms with Gasteiger partial charge in [-0.25, -0.2) is 9.78 Å². The maximum Gasteiger partial charge on any atom is 0.337 e. The molecule has 1 unspecified atom stereocenters. The van der Waals surface area contributed by atoms with Crippen molar-refractivity contribution < 1.29 is 14.3 Å². The zero-order valence-electron chi connectivity index (χ0n) is 12.2. The van der Waals surface area contributed by atoms with Gasteiger partial charge in [-0.2, -0.15) is 0 Å². The maximum atomic E-state index is 12.2. The summed E-state index contributed by atoms with van der Waals surface area (Å²) in [6.45, 7) is 3.15. The van der Waals surface area contributed by atoms with Gasteiger partial charge in [0.1, 0.15) is 0 Å². The quantitative estimate of drug-likeness (QED) is 0.840. The van der Waals surface area contributed by atoms with Crippen LogP contribution in [-0.2, 0) is 14.3 Å². The maximum absolute atomic E-state index is 12.2. The Labute approximate surface area is 126 Å². The molecule has 0 saturated carbocycles. The van der Waals surface area contributed by atoms with Gasteiger partial charge in [0.25, 0.3) is 5.56 Å². The van der Waals surface area contributed by atoms with Crippen LogP contribution in [0.1, 0.15) is 6.92 Å². The summed E-state index contributed by atoms with van der Waals surface area (Å²) in [5.74, 6) is -0.110. The van der Waals surface area contributed by atoms with Crippen LogP contribution < -0.4 is 10.5 Å². The summed E-state index contributed by atoms with van der Waals surface area (Å²) >= 11 is 0. The third-order valence-electron chi connectivity index (χ3n) is 3.50. The van der Waals surface area contributed by atoms with Gasteiger partial charge in [0, 0.05) is 6.54 Å². The first-order chi connectivity index (χ1) is 10.7. The van der Waals surface area contributed by atoms with E-state index in [1.165, 1.54) is 0 Å². The fourth-order valence-electron chi connectivity index (χ4n) is 2.45. The molecule has 0 bridgehead atoms. The van der Waals surface area contributed by atoms with Crippen LogP contribution in [0.5, 0.6) is 0 Å². The number of hydrogen-bond donors (Lipinski definition) is 1. The van der Waals surface area contributed by atoms with Gasteiger partial charge in [-0.3, -0.25) is 4.79 Å². The van der Waals surface area contributed by atoms with Gasteiger partial charge >= 0.3 is 5.97 Å². The molecule has 2 aromatic rings. The number of benzene rings is 1. The molecule has 1 aromatic carbocycles. The zero-order chi connectivity index (χ0) is 15.5. The lowest BCUT2D eigenvalue weighted by Gasteiger charge is -2.31. The van der Waals surface area contributed by atoms with Crippen LogP contribution in [-0.4, -0.2) is 48.3 Å². The van der Waals surface area contributed by atoms with Crippen molar-refractivity contribution in [3.8, 4) is 0 Å². The van der Waals surface area contributed by atoms with Crippen LogP contribution in [0.2, 0.25) is 0 Å². The van der Waals surface area contributed by atoms with Crippen molar-refractivity contribution in [2.24, 2.45) is 0 Å². The number of esters is 1. The van der Waals surface area contributed by atoms with E-state index in [1.807, 2.05) is 18.2 Å². The van der Waals surface area contributed by atoms with E-state index in [9.17, 15) is 9.59 Å². The van der Waals surface area contributed by atoms with Crippen LogP contribution >= 0.6 is 0 Å². The number of hydrogen-bond acceptors (Lipinski definition) is 6. The van der Waals surface area contributed by atoms with Crippen LogP contribution in [0.3, 0.4) is 0 Å². The fraction of sp³-hybridized carbons (Fsp3) is 0.400. The second-order valence-electron chi connectivity index (χ2n) is 4.96. The highest BCUT2D eigenvalue weighted by molar-refractivity contribution is 5.77. The molecule has 1 aliphatic rings. The molecule has 116 valence electrons. The van der Waals surface area contributed by atoms with E-state index in [0.29, 0.717) is 36.6 Å². The minimum Gasteiger partial charge on any atom is -0.464 e. The number of carbonyl (C=O) groups excluding carboxylic acids is 1. The van der Waals surface area contributed by atoms with E-state index < -0.39 is 12.1 Å². The number of rotatable bonds is 3. The lowest BCUT2D eigenvalue weighted by molar-refractivity contribution is -0.157. The predicted molar refractivity (Wildman–Crippen MR) is 80.9 cm³/mol. The van der Waals surface area contributed by atoms with Gasteiger partial charge in [-0.1, -0.05) is 12.1 Å². The first-order valence-electron chi connectivity index (χ1n) is 7.21. The molecular weight excluding hydrogens is 286 g/mol. The van der Waals surface area contributed by atoms with Crippen molar-refractivity contribution in [1.29, 1.82) is 0 Å². The highest BCUT2D eigenvalue weighted by Crippen LogP contribution is 2.15. The number of carbonyl (C=O) groups is 1. The van der Waals surface area contributed by atoms with E-state index in [4.69, 9.17) is 9.47 Å². The number of nitrogens with one attached hydrogen (secondary N) is 1. The lowest BCUT2D eigenvalue weighted by atomic mass is 10.2. The molecule has 1 aliphatic heterocycles. The molecule has 0 spiro atoms. The summed E-state index contributed by atoms with van der Waals surface area (Å²) in [5, 5.41) is 0. The van der Waals surface area contributed by atoms with Crippen molar-refractivity contribution in [1.82, 2.24) is 9.97 Å². The molecule has 3 rings (SSSR count). The molecule has 0 amide bonds. The van der Waals surface area contributed by atoms with Crippen molar-refractivity contribution in [2.45, 2.75) is 13.0 Å². The van der Waals surface area contributed by atoms with Gasteiger partial charge in [0.2, 0.25) is 0 Å². The molecule has 0 radical (unpaired) electrons. The summed E-state index contributed by atoms with van der Waals surface area (Å²) in [4.78, 5) is 33.0. The average Bonchev–Trinajstić information content (AvgIpc) is 2.54. The molecule has 1 aromatic heterocycles.